The molecule has 0 radical (unpaired) electrons. The van der Waals surface area contributed by atoms with E-state index in [4.69, 9.17) is 9.84 Å². The van der Waals surface area contributed by atoms with Crippen molar-refractivity contribution >= 4 is 16.2 Å². The number of aliphatic carboxylic acids is 1. The summed E-state index contributed by atoms with van der Waals surface area (Å²) in [6.45, 7) is 0. The lowest BCUT2D eigenvalue weighted by atomic mass is 10.0. The van der Waals surface area contributed by atoms with Crippen molar-refractivity contribution in [1.29, 1.82) is 0 Å². The third-order valence-corrected chi connectivity index (χ3v) is 3.35. The van der Waals surface area contributed by atoms with Gasteiger partial charge in [0.2, 0.25) is 0 Å². The van der Waals surface area contributed by atoms with Crippen LogP contribution in [0, 0.1) is 0 Å². The first-order chi connectivity index (χ1) is 7.88. The summed E-state index contributed by atoms with van der Waals surface area (Å²) in [7, 11) is -4.74. The van der Waals surface area contributed by atoms with Gasteiger partial charge in [-0.3, -0.25) is 0 Å². The van der Waals surface area contributed by atoms with E-state index in [1.54, 1.807) is 0 Å². The molecule has 0 aliphatic carbocycles. The third kappa shape index (κ3) is 2.38. The Kier molecular flexibility index (Phi) is 2.78. The van der Waals surface area contributed by atoms with Gasteiger partial charge in [-0.2, -0.15) is 8.42 Å². The van der Waals surface area contributed by atoms with Gasteiger partial charge in [-0.15, -0.1) is 3.89 Å². The molecule has 0 bridgehead atoms. The van der Waals surface area contributed by atoms with Crippen LogP contribution in [0.4, 0.5) is 3.89 Å². The highest BCUT2D eigenvalue weighted by atomic mass is 32.3. The number of hydrogen-bond donors (Lipinski definition) is 1. The Morgan fingerprint density at radius 2 is 2.18 bits per heavy atom. The summed E-state index contributed by atoms with van der Waals surface area (Å²) in [4.78, 5) is 10.3. The molecule has 5 nitrogen and oxygen atoms in total. The number of aryl methyl sites for hydroxylation is 1. The second-order valence-corrected chi connectivity index (χ2v) is 5.04. The first-order valence-electron chi connectivity index (χ1n) is 4.85. The lowest BCUT2D eigenvalue weighted by Crippen LogP contribution is -2.30. The first-order valence-corrected chi connectivity index (χ1v) is 6.23. The largest absolute Gasteiger partial charge is 0.479 e. The molecule has 0 saturated carbocycles. The van der Waals surface area contributed by atoms with E-state index in [9.17, 15) is 17.1 Å². The Bertz CT molecular complexity index is 566. The Balaban J connectivity index is 2.35. The van der Waals surface area contributed by atoms with Gasteiger partial charge in [-0.05, 0) is 36.6 Å². The minimum atomic E-state index is -4.74. The molecular formula is C10H9FO5S. The normalized spacial score (nSPS) is 19.2. The van der Waals surface area contributed by atoms with Crippen molar-refractivity contribution < 1.29 is 26.9 Å². The van der Waals surface area contributed by atoms with Gasteiger partial charge < -0.3 is 9.84 Å². The predicted molar refractivity (Wildman–Crippen MR) is 55.1 cm³/mol. The zero-order valence-electron chi connectivity index (χ0n) is 8.59. The van der Waals surface area contributed by atoms with Gasteiger partial charge in [0, 0.05) is 0 Å². The number of halogens is 1. The summed E-state index contributed by atoms with van der Waals surface area (Å²) >= 11 is 0. The second kappa shape index (κ2) is 3.99. The molecule has 1 aromatic rings. The van der Waals surface area contributed by atoms with Gasteiger partial charge in [-0.1, -0.05) is 0 Å². The fraction of sp³-hybridized carbons (Fsp3) is 0.300. The average Bonchev–Trinajstić information content (AvgIpc) is 2.26. The average molecular weight is 260 g/mol. The van der Waals surface area contributed by atoms with E-state index in [1.165, 1.54) is 12.1 Å². The fourth-order valence-corrected chi connectivity index (χ4v) is 2.20. The van der Waals surface area contributed by atoms with Crippen molar-refractivity contribution in [2.45, 2.75) is 23.8 Å². The number of hydrogen-bond acceptors (Lipinski definition) is 4. The van der Waals surface area contributed by atoms with Crippen LogP contribution in [-0.2, 0) is 21.4 Å². The van der Waals surface area contributed by atoms with Crippen LogP contribution in [0.2, 0.25) is 0 Å². The molecule has 17 heavy (non-hydrogen) atoms. The summed E-state index contributed by atoms with van der Waals surface area (Å²) < 4.78 is 39.3. The molecule has 0 amide bonds. The predicted octanol–water partition coefficient (Wildman–Crippen LogP) is 1.12. The van der Waals surface area contributed by atoms with Crippen molar-refractivity contribution in [3.63, 3.8) is 0 Å². The maximum absolute atomic E-state index is 12.7. The lowest BCUT2D eigenvalue weighted by molar-refractivity contribution is -0.145. The lowest BCUT2D eigenvalue weighted by Gasteiger charge is -2.23. The van der Waals surface area contributed by atoms with Gasteiger partial charge >= 0.3 is 16.2 Å². The Morgan fingerprint density at radius 1 is 1.47 bits per heavy atom. The van der Waals surface area contributed by atoms with Crippen LogP contribution >= 0.6 is 0 Å². The number of ether oxygens (including phenoxy) is 1. The van der Waals surface area contributed by atoms with E-state index in [-0.39, 0.29) is 12.2 Å². The molecule has 1 heterocycles. The molecule has 1 aliphatic rings. The van der Waals surface area contributed by atoms with Crippen LogP contribution in [-0.4, -0.2) is 25.6 Å². The monoisotopic (exact) mass is 260 g/mol. The highest BCUT2D eigenvalue weighted by Gasteiger charge is 2.26. The van der Waals surface area contributed by atoms with Crippen LogP contribution < -0.4 is 4.74 Å². The molecule has 0 aromatic heterocycles. The molecule has 0 spiro atoms. The standard InChI is InChI=1S/C10H9FO5S/c11-17(14,15)7-2-4-8-6(5-7)1-3-9(16-8)10(12)13/h2,4-5,9H,1,3H2,(H,12,13). The Hall–Kier alpha value is -1.63. The molecule has 7 heteroatoms. The van der Waals surface area contributed by atoms with Gasteiger partial charge in [0.1, 0.15) is 5.75 Å². The molecule has 1 atom stereocenters. The molecule has 1 unspecified atom stereocenters. The van der Waals surface area contributed by atoms with Gasteiger partial charge in [0.25, 0.3) is 0 Å². The number of carboxylic acids is 1. The summed E-state index contributed by atoms with van der Waals surface area (Å²) in [6.07, 6.45) is -0.358. The third-order valence-electron chi connectivity index (χ3n) is 2.53. The van der Waals surface area contributed by atoms with Crippen molar-refractivity contribution in [1.82, 2.24) is 0 Å². The molecule has 92 valence electrons. The van der Waals surface area contributed by atoms with Gasteiger partial charge in [0.05, 0.1) is 4.90 Å². The zero-order chi connectivity index (χ0) is 12.6. The number of fused-ring (bicyclic) bond motifs is 1. The van der Waals surface area contributed by atoms with Crippen molar-refractivity contribution in [3.05, 3.63) is 23.8 Å². The molecular weight excluding hydrogens is 251 g/mol. The SMILES string of the molecule is O=C(O)C1CCc2cc(S(=O)(=O)F)ccc2O1. The number of benzene rings is 1. The van der Waals surface area contributed by atoms with Crippen LogP contribution in [0.5, 0.6) is 5.75 Å². The van der Waals surface area contributed by atoms with Crippen LogP contribution in [0.3, 0.4) is 0 Å². The molecule has 0 saturated heterocycles. The minimum Gasteiger partial charge on any atom is -0.479 e. The van der Waals surface area contributed by atoms with Crippen molar-refractivity contribution in [3.8, 4) is 5.75 Å². The maximum Gasteiger partial charge on any atom is 0.344 e. The van der Waals surface area contributed by atoms with Crippen molar-refractivity contribution in [2.24, 2.45) is 0 Å². The topological polar surface area (TPSA) is 80.7 Å². The molecule has 1 aliphatic heterocycles. The fourth-order valence-electron chi connectivity index (χ4n) is 1.69. The molecule has 1 N–H and O–H groups in total. The number of rotatable bonds is 2. The zero-order valence-corrected chi connectivity index (χ0v) is 9.41. The quantitative estimate of drug-likeness (QED) is 0.806. The second-order valence-electron chi connectivity index (χ2n) is 3.69. The van der Waals surface area contributed by atoms with Crippen LogP contribution in [0.1, 0.15) is 12.0 Å². The van der Waals surface area contributed by atoms with E-state index in [0.717, 1.165) is 6.07 Å². The molecule has 1 aromatic carbocycles. The summed E-state index contributed by atoms with van der Waals surface area (Å²) in [5, 5.41) is 8.77. The highest BCUT2D eigenvalue weighted by Crippen LogP contribution is 2.30. The van der Waals surface area contributed by atoms with Gasteiger partial charge in [-0.25, -0.2) is 4.79 Å². The number of carbonyl (C=O) groups is 1. The first kappa shape index (κ1) is 11.8. The van der Waals surface area contributed by atoms with E-state index in [1.807, 2.05) is 0 Å². The highest BCUT2D eigenvalue weighted by molar-refractivity contribution is 7.86. The molecule has 2 rings (SSSR count). The number of carboxylic acid groups (broad SMARTS) is 1. The Labute approximate surface area is 97.0 Å². The van der Waals surface area contributed by atoms with E-state index < -0.39 is 27.2 Å². The smallest absolute Gasteiger partial charge is 0.344 e. The summed E-state index contributed by atoms with van der Waals surface area (Å²) in [5.74, 6) is -0.783. The summed E-state index contributed by atoms with van der Waals surface area (Å²) in [6, 6.07) is 3.50. The minimum absolute atomic E-state index is 0.234. The van der Waals surface area contributed by atoms with E-state index in [2.05, 4.69) is 0 Å². The van der Waals surface area contributed by atoms with Crippen LogP contribution in [0.25, 0.3) is 0 Å². The Morgan fingerprint density at radius 3 is 2.76 bits per heavy atom. The van der Waals surface area contributed by atoms with Crippen LogP contribution in [0.15, 0.2) is 23.1 Å². The van der Waals surface area contributed by atoms with Gasteiger partial charge in [0.15, 0.2) is 6.10 Å². The summed E-state index contributed by atoms with van der Waals surface area (Å²) in [5.41, 5.74) is 0.501. The van der Waals surface area contributed by atoms with E-state index >= 15 is 0 Å². The van der Waals surface area contributed by atoms with Crippen molar-refractivity contribution in [2.75, 3.05) is 0 Å². The van der Waals surface area contributed by atoms with E-state index in [0.29, 0.717) is 12.0 Å². The molecule has 0 fully saturated rings. The maximum atomic E-state index is 12.7.